The molecule has 1 aliphatic heterocycles. The minimum absolute atomic E-state index is 0.425. The van der Waals surface area contributed by atoms with Crippen LogP contribution in [0.2, 0.25) is 0 Å². The Hall–Kier alpha value is -5.71. The second-order valence-corrected chi connectivity index (χ2v) is 13.2. The van der Waals surface area contributed by atoms with Crippen LogP contribution >= 0.6 is 11.8 Å². The topological polar surface area (TPSA) is 38.9 Å². The number of hydrogen-bond donors (Lipinski definition) is 0. The van der Waals surface area contributed by atoms with Crippen LogP contribution in [0.3, 0.4) is 0 Å². The van der Waals surface area contributed by atoms with Crippen molar-refractivity contribution in [1.29, 1.82) is 0 Å². The van der Waals surface area contributed by atoms with Gasteiger partial charge in [-0.1, -0.05) is 133 Å². The smallest absolute Gasteiger partial charge is 0.160 e. The molecule has 0 N–H and O–H groups in total. The van der Waals surface area contributed by atoms with Gasteiger partial charge in [-0.15, -0.1) is 0 Å². The molecule has 0 saturated carbocycles. The van der Waals surface area contributed by atoms with Crippen LogP contribution in [-0.2, 0) is 5.41 Å². The Morgan fingerprint density at radius 2 is 1.06 bits per heavy atom. The monoisotopic (exact) mass is 618 g/mol. The molecule has 0 bridgehead atoms. The first-order valence-electron chi connectivity index (χ1n) is 15.8. The highest BCUT2D eigenvalue weighted by Crippen LogP contribution is 2.62. The normalized spacial score (nSPS) is 13.6. The second-order valence-electron chi connectivity index (χ2n) is 12.1. The average Bonchev–Trinajstić information content (AvgIpc) is 3.69. The zero-order valence-electron chi connectivity index (χ0n) is 25.2. The summed E-state index contributed by atoms with van der Waals surface area (Å²) in [7, 11) is 0. The molecule has 1 spiro atoms. The number of hydrogen-bond acceptors (Lipinski definition) is 4. The predicted molar refractivity (Wildman–Crippen MR) is 190 cm³/mol. The molecule has 0 fully saturated rings. The summed E-state index contributed by atoms with van der Waals surface area (Å²) < 4.78 is 6.70. The first-order valence-corrected chi connectivity index (χ1v) is 16.6. The molecule has 3 nitrogen and oxygen atoms in total. The molecule has 6 aromatic carbocycles. The Labute approximate surface area is 276 Å². The van der Waals surface area contributed by atoms with Crippen molar-refractivity contribution in [3.63, 3.8) is 0 Å². The maximum absolute atomic E-state index is 6.70. The van der Waals surface area contributed by atoms with Gasteiger partial charge in [0.2, 0.25) is 0 Å². The van der Waals surface area contributed by atoms with Gasteiger partial charge in [-0.25, -0.2) is 9.97 Å². The van der Waals surface area contributed by atoms with Crippen molar-refractivity contribution >= 4 is 22.7 Å². The third kappa shape index (κ3) is 3.89. The van der Waals surface area contributed by atoms with Crippen molar-refractivity contribution < 1.29 is 4.42 Å². The molecule has 0 atom stereocenters. The van der Waals surface area contributed by atoms with Gasteiger partial charge in [0.25, 0.3) is 0 Å². The lowest BCUT2D eigenvalue weighted by molar-refractivity contribution is 0.628. The summed E-state index contributed by atoms with van der Waals surface area (Å²) in [4.78, 5) is 12.6. The van der Waals surface area contributed by atoms with Crippen molar-refractivity contribution in [1.82, 2.24) is 9.97 Å². The molecule has 4 heteroatoms. The quantitative estimate of drug-likeness (QED) is 0.197. The average molecular weight is 619 g/mol. The van der Waals surface area contributed by atoms with Crippen molar-refractivity contribution in [2.45, 2.75) is 15.2 Å². The van der Waals surface area contributed by atoms with Crippen LogP contribution < -0.4 is 0 Å². The van der Waals surface area contributed by atoms with Crippen molar-refractivity contribution in [2.75, 3.05) is 0 Å². The molecule has 2 aromatic heterocycles. The Balaban J connectivity index is 1.22. The molecular weight excluding hydrogens is 593 g/mol. The minimum Gasteiger partial charge on any atom is -0.454 e. The fourth-order valence-corrected chi connectivity index (χ4v) is 8.75. The standard InChI is InChI=1S/C43H26N2OS/c1-3-13-27(14-4-1)36-26-37(45-42(44-36)28-15-5-2-6-16-28)39-24-29-23-35-31(25-38(29)46-39)30-17-7-8-18-32(30)43(35)33-19-9-11-21-40(33)47-41-22-12-10-20-34(41)43/h1-26H. The largest absolute Gasteiger partial charge is 0.454 e. The van der Waals surface area contributed by atoms with Gasteiger partial charge in [0, 0.05) is 26.3 Å². The maximum Gasteiger partial charge on any atom is 0.160 e. The van der Waals surface area contributed by atoms with E-state index < -0.39 is 5.41 Å². The fourth-order valence-electron chi connectivity index (χ4n) is 7.56. The van der Waals surface area contributed by atoms with E-state index in [1.165, 1.54) is 43.2 Å². The van der Waals surface area contributed by atoms with E-state index in [1.807, 2.05) is 66.4 Å². The molecule has 0 amide bonds. The van der Waals surface area contributed by atoms with Crippen molar-refractivity contribution in [3.05, 3.63) is 180 Å². The van der Waals surface area contributed by atoms with Crippen molar-refractivity contribution in [2.24, 2.45) is 0 Å². The summed E-state index contributed by atoms with van der Waals surface area (Å²) in [5.74, 6) is 1.40. The van der Waals surface area contributed by atoms with E-state index in [-0.39, 0.29) is 0 Å². The highest BCUT2D eigenvalue weighted by molar-refractivity contribution is 7.99. The van der Waals surface area contributed by atoms with Crippen LogP contribution in [0.15, 0.2) is 172 Å². The minimum atomic E-state index is -0.425. The Bertz CT molecular complexity index is 2400. The molecule has 10 rings (SSSR count). The predicted octanol–water partition coefficient (Wildman–Crippen LogP) is 11.1. The molecule has 0 radical (unpaired) electrons. The molecule has 3 heterocycles. The van der Waals surface area contributed by atoms with Crippen LogP contribution in [-0.4, -0.2) is 9.97 Å². The Morgan fingerprint density at radius 1 is 0.468 bits per heavy atom. The number of nitrogens with zero attached hydrogens (tertiary/aromatic N) is 2. The van der Waals surface area contributed by atoms with Crippen LogP contribution in [0.4, 0.5) is 0 Å². The molecule has 47 heavy (non-hydrogen) atoms. The number of benzene rings is 6. The summed E-state index contributed by atoms with van der Waals surface area (Å²) in [5, 5.41) is 1.06. The first-order chi connectivity index (χ1) is 23.3. The molecule has 2 aliphatic rings. The zero-order valence-corrected chi connectivity index (χ0v) is 26.0. The van der Waals surface area contributed by atoms with Crippen LogP contribution in [0.5, 0.6) is 0 Å². The lowest BCUT2D eigenvalue weighted by Crippen LogP contribution is -2.31. The van der Waals surface area contributed by atoms with E-state index in [0.717, 1.165) is 39.2 Å². The SMILES string of the molecule is c1ccc(-c2cc(-c3cc4cc5c(cc4o3)-c3ccccc3C53c4ccccc4Sc4ccccc43)nc(-c3ccccc3)n2)cc1. The fraction of sp³-hybridized carbons (Fsp3) is 0.0233. The van der Waals surface area contributed by atoms with Gasteiger partial charge in [0.15, 0.2) is 11.6 Å². The summed E-state index contributed by atoms with van der Waals surface area (Å²) in [6.07, 6.45) is 0. The second kappa shape index (κ2) is 10.1. The van der Waals surface area contributed by atoms with E-state index in [9.17, 15) is 0 Å². The molecule has 1 aliphatic carbocycles. The number of furan rings is 1. The highest BCUT2D eigenvalue weighted by atomic mass is 32.2. The summed E-state index contributed by atoms with van der Waals surface area (Å²) in [5.41, 5.74) is 11.8. The maximum atomic E-state index is 6.70. The Kier molecular flexibility index (Phi) is 5.72. The molecule has 0 unspecified atom stereocenters. The molecule has 220 valence electrons. The summed E-state index contributed by atoms with van der Waals surface area (Å²) in [6.45, 7) is 0. The highest BCUT2D eigenvalue weighted by Gasteiger charge is 2.50. The number of rotatable bonds is 3. The third-order valence-electron chi connectivity index (χ3n) is 9.56. The third-order valence-corrected chi connectivity index (χ3v) is 10.7. The van der Waals surface area contributed by atoms with E-state index in [4.69, 9.17) is 14.4 Å². The van der Waals surface area contributed by atoms with Gasteiger partial charge in [-0.3, -0.25) is 0 Å². The number of aromatic nitrogens is 2. The summed E-state index contributed by atoms with van der Waals surface area (Å²) in [6, 6.07) is 55.9. The lowest BCUT2D eigenvalue weighted by atomic mass is 9.67. The van der Waals surface area contributed by atoms with Gasteiger partial charge < -0.3 is 4.42 Å². The molecule has 0 saturated heterocycles. The van der Waals surface area contributed by atoms with Gasteiger partial charge in [0.1, 0.15) is 11.3 Å². The van der Waals surface area contributed by atoms with Crippen LogP contribution in [0.25, 0.3) is 56.2 Å². The summed E-state index contributed by atoms with van der Waals surface area (Å²) >= 11 is 1.86. The van der Waals surface area contributed by atoms with Gasteiger partial charge in [-0.05, 0) is 69.8 Å². The van der Waals surface area contributed by atoms with E-state index in [0.29, 0.717) is 5.82 Å². The van der Waals surface area contributed by atoms with Crippen LogP contribution in [0, 0.1) is 0 Å². The molecular formula is C43H26N2OS. The molecule has 8 aromatic rings. The van der Waals surface area contributed by atoms with Gasteiger partial charge >= 0.3 is 0 Å². The van der Waals surface area contributed by atoms with E-state index in [2.05, 4.69) is 103 Å². The lowest BCUT2D eigenvalue weighted by Gasteiger charge is -2.39. The van der Waals surface area contributed by atoms with Crippen LogP contribution in [0.1, 0.15) is 22.3 Å². The van der Waals surface area contributed by atoms with Crippen molar-refractivity contribution in [3.8, 4) is 45.2 Å². The number of fused-ring (bicyclic) bond motifs is 10. The van der Waals surface area contributed by atoms with Gasteiger partial charge in [0.05, 0.1) is 11.1 Å². The van der Waals surface area contributed by atoms with E-state index >= 15 is 0 Å². The van der Waals surface area contributed by atoms with Gasteiger partial charge in [-0.2, -0.15) is 0 Å². The van der Waals surface area contributed by atoms with E-state index in [1.54, 1.807) is 0 Å². The first kappa shape index (κ1) is 26.5. The Morgan fingerprint density at radius 3 is 1.79 bits per heavy atom. The zero-order chi connectivity index (χ0) is 31.0.